The Morgan fingerprint density at radius 1 is 1.44 bits per heavy atom. The van der Waals surface area contributed by atoms with Gasteiger partial charge in [-0.25, -0.2) is 0 Å². The van der Waals surface area contributed by atoms with Gasteiger partial charge in [-0.05, 0) is 38.9 Å². The van der Waals surface area contributed by atoms with Crippen molar-refractivity contribution >= 4 is 0 Å². The number of nitrogens with zero attached hydrogens (tertiary/aromatic N) is 2. The molecule has 0 amide bonds. The van der Waals surface area contributed by atoms with Crippen LogP contribution in [0.1, 0.15) is 33.6 Å². The van der Waals surface area contributed by atoms with Gasteiger partial charge in [-0.3, -0.25) is 4.90 Å². The third kappa shape index (κ3) is 3.44. The molecule has 16 heavy (non-hydrogen) atoms. The third-order valence-corrected chi connectivity index (χ3v) is 3.98. The standard InChI is InChI=1S/C13H29N3/c1-5-16-8-6-7-12(16)10-15(4)13(9-14)11(2)3/h11-13H,5-10,14H2,1-4H3. The molecule has 0 aromatic heterocycles. The topological polar surface area (TPSA) is 32.5 Å². The molecule has 3 nitrogen and oxygen atoms in total. The van der Waals surface area contributed by atoms with Gasteiger partial charge in [-0.15, -0.1) is 0 Å². The Labute approximate surface area is 101 Å². The second kappa shape index (κ2) is 6.58. The van der Waals surface area contributed by atoms with Gasteiger partial charge in [-0.1, -0.05) is 20.8 Å². The predicted octanol–water partition coefficient (Wildman–Crippen LogP) is 1.39. The molecule has 3 heteroatoms. The lowest BCUT2D eigenvalue weighted by molar-refractivity contribution is 0.141. The maximum atomic E-state index is 5.86. The zero-order chi connectivity index (χ0) is 12.1. The number of rotatable bonds is 6. The molecule has 1 aliphatic rings. The summed E-state index contributed by atoms with van der Waals surface area (Å²) >= 11 is 0. The fraction of sp³-hybridized carbons (Fsp3) is 1.00. The Kier molecular flexibility index (Phi) is 5.73. The largest absolute Gasteiger partial charge is 0.329 e. The maximum Gasteiger partial charge on any atom is 0.0238 e. The van der Waals surface area contributed by atoms with E-state index in [0.29, 0.717) is 12.0 Å². The van der Waals surface area contributed by atoms with Crippen LogP contribution in [0.25, 0.3) is 0 Å². The van der Waals surface area contributed by atoms with Gasteiger partial charge in [0.05, 0.1) is 0 Å². The SMILES string of the molecule is CCN1CCCC1CN(C)C(CN)C(C)C. The molecule has 0 bridgehead atoms. The average molecular weight is 227 g/mol. The van der Waals surface area contributed by atoms with E-state index in [9.17, 15) is 0 Å². The van der Waals surface area contributed by atoms with Gasteiger partial charge >= 0.3 is 0 Å². The van der Waals surface area contributed by atoms with Crippen molar-refractivity contribution in [1.29, 1.82) is 0 Å². The van der Waals surface area contributed by atoms with Gasteiger partial charge in [0.15, 0.2) is 0 Å². The Bertz CT molecular complexity index is 194. The van der Waals surface area contributed by atoms with Crippen molar-refractivity contribution in [3.8, 4) is 0 Å². The second-order valence-electron chi connectivity index (χ2n) is 5.41. The zero-order valence-corrected chi connectivity index (χ0v) is 11.4. The van der Waals surface area contributed by atoms with E-state index in [2.05, 4.69) is 37.6 Å². The number of hydrogen-bond acceptors (Lipinski definition) is 3. The molecule has 1 fully saturated rings. The van der Waals surface area contributed by atoms with E-state index < -0.39 is 0 Å². The molecular formula is C13H29N3. The molecule has 0 saturated carbocycles. The highest BCUT2D eigenvalue weighted by Gasteiger charge is 2.26. The van der Waals surface area contributed by atoms with E-state index in [1.54, 1.807) is 0 Å². The van der Waals surface area contributed by atoms with Crippen LogP contribution in [0.2, 0.25) is 0 Å². The summed E-state index contributed by atoms with van der Waals surface area (Å²) in [6.07, 6.45) is 2.72. The van der Waals surface area contributed by atoms with Crippen molar-refractivity contribution in [3.05, 3.63) is 0 Å². The third-order valence-electron chi connectivity index (χ3n) is 3.98. The summed E-state index contributed by atoms with van der Waals surface area (Å²) in [5.41, 5.74) is 5.86. The van der Waals surface area contributed by atoms with Crippen LogP contribution in [0, 0.1) is 5.92 Å². The highest BCUT2D eigenvalue weighted by atomic mass is 15.2. The van der Waals surface area contributed by atoms with Crippen LogP contribution in [0.5, 0.6) is 0 Å². The van der Waals surface area contributed by atoms with Crippen LogP contribution in [-0.4, -0.2) is 55.1 Å². The number of likely N-dealkylation sites (tertiary alicyclic amines) is 1. The number of likely N-dealkylation sites (N-methyl/N-ethyl adjacent to an activating group) is 2. The molecular weight excluding hydrogens is 198 g/mol. The van der Waals surface area contributed by atoms with Crippen molar-refractivity contribution in [2.75, 3.05) is 33.2 Å². The Morgan fingerprint density at radius 3 is 2.62 bits per heavy atom. The molecule has 96 valence electrons. The van der Waals surface area contributed by atoms with E-state index in [0.717, 1.165) is 12.6 Å². The summed E-state index contributed by atoms with van der Waals surface area (Å²) < 4.78 is 0. The van der Waals surface area contributed by atoms with Crippen LogP contribution in [-0.2, 0) is 0 Å². The van der Waals surface area contributed by atoms with E-state index >= 15 is 0 Å². The molecule has 0 aromatic carbocycles. The lowest BCUT2D eigenvalue weighted by Crippen LogP contribution is -2.47. The summed E-state index contributed by atoms with van der Waals surface area (Å²) in [5.74, 6) is 0.645. The first-order valence-corrected chi connectivity index (χ1v) is 6.74. The van der Waals surface area contributed by atoms with Crippen LogP contribution < -0.4 is 5.73 Å². The fourth-order valence-electron chi connectivity index (χ4n) is 2.95. The zero-order valence-electron chi connectivity index (χ0n) is 11.4. The first-order chi connectivity index (χ1) is 7.60. The van der Waals surface area contributed by atoms with Crippen LogP contribution in [0.3, 0.4) is 0 Å². The van der Waals surface area contributed by atoms with Crippen molar-refractivity contribution in [2.24, 2.45) is 11.7 Å². The molecule has 0 aromatic rings. The quantitative estimate of drug-likeness (QED) is 0.744. The second-order valence-corrected chi connectivity index (χ2v) is 5.41. The van der Waals surface area contributed by atoms with E-state index in [1.807, 2.05) is 0 Å². The van der Waals surface area contributed by atoms with Crippen LogP contribution >= 0.6 is 0 Å². The van der Waals surface area contributed by atoms with Crippen molar-refractivity contribution in [3.63, 3.8) is 0 Å². The fourth-order valence-corrected chi connectivity index (χ4v) is 2.95. The van der Waals surface area contributed by atoms with E-state index in [-0.39, 0.29) is 0 Å². The van der Waals surface area contributed by atoms with Crippen LogP contribution in [0.15, 0.2) is 0 Å². The molecule has 0 aliphatic carbocycles. The van der Waals surface area contributed by atoms with Gasteiger partial charge in [0, 0.05) is 25.2 Å². The van der Waals surface area contributed by atoms with Crippen molar-refractivity contribution < 1.29 is 0 Å². The molecule has 2 unspecified atom stereocenters. The predicted molar refractivity (Wildman–Crippen MR) is 70.6 cm³/mol. The molecule has 1 saturated heterocycles. The smallest absolute Gasteiger partial charge is 0.0238 e. The van der Waals surface area contributed by atoms with E-state index in [4.69, 9.17) is 5.73 Å². The molecule has 0 radical (unpaired) electrons. The van der Waals surface area contributed by atoms with Crippen LogP contribution in [0.4, 0.5) is 0 Å². The average Bonchev–Trinajstić information content (AvgIpc) is 2.65. The summed E-state index contributed by atoms with van der Waals surface area (Å²) in [7, 11) is 2.23. The normalized spacial score (nSPS) is 24.6. The highest BCUT2D eigenvalue weighted by molar-refractivity contribution is 4.83. The first kappa shape index (κ1) is 13.9. The summed E-state index contributed by atoms with van der Waals surface area (Å²) in [4.78, 5) is 5.06. The minimum Gasteiger partial charge on any atom is -0.329 e. The monoisotopic (exact) mass is 227 g/mol. The lowest BCUT2D eigenvalue weighted by atomic mass is 10.0. The molecule has 2 N–H and O–H groups in total. The molecule has 1 aliphatic heterocycles. The lowest BCUT2D eigenvalue weighted by Gasteiger charge is -2.34. The first-order valence-electron chi connectivity index (χ1n) is 6.74. The molecule has 0 spiro atoms. The Balaban J connectivity index is 2.45. The van der Waals surface area contributed by atoms with Crippen molar-refractivity contribution in [1.82, 2.24) is 9.80 Å². The highest BCUT2D eigenvalue weighted by Crippen LogP contribution is 2.19. The number of hydrogen-bond donors (Lipinski definition) is 1. The Hall–Kier alpha value is -0.120. The summed E-state index contributed by atoms with van der Waals surface area (Å²) in [6, 6.07) is 1.28. The summed E-state index contributed by atoms with van der Waals surface area (Å²) in [5, 5.41) is 0. The van der Waals surface area contributed by atoms with Crippen molar-refractivity contribution in [2.45, 2.75) is 45.7 Å². The minimum absolute atomic E-state index is 0.527. The van der Waals surface area contributed by atoms with Gasteiger partial charge in [0.1, 0.15) is 0 Å². The van der Waals surface area contributed by atoms with Gasteiger partial charge < -0.3 is 10.6 Å². The molecule has 1 rings (SSSR count). The van der Waals surface area contributed by atoms with Gasteiger partial charge in [-0.2, -0.15) is 0 Å². The van der Waals surface area contributed by atoms with E-state index in [1.165, 1.54) is 32.5 Å². The van der Waals surface area contributed by atoms with Gasteiger partial charge in [0.2, 0.25) is 0 Å². The molecule has 1 heterocycles. The molecule has 2 atom stereocenters. The van der Waals surface area contributed by atoms with Gasteiger partial charge in [0.25, 0.3) is 0 Å². The minimum atomic E-state index is 0.527. The maximum absolute atomic E-state index is 5.86. The Morgan fingerprint density at radius 2 is 2.12 bits per heavy atom. The number of nitrogens with two attached hydrogens (primary N) is 1. The summed E-state index contributed by atoms with van der Waals surface area (Å²) in [6.45, 7) is 11.2.